The van der Waals surface area contributed by atoms with Crippen LogP contribution >= 0.6 is 0 Å². The first-order valence-corrected chi connectivity index (χ1v) is 16.6. The van der Waals surface area contributed by atoms with Crippen LogP contribution in [0.15, 0.2) is 12.2 Å². The Balaban J connectivity index is -0.00000612. The molecule has 0 saturated heterocycles. The van der Waals surface area contributed by atoms with Crippen molar-refractivity contribution < 1.29 is 21.6 Å². The molecule has 0 saturated carbocycles. The summed E-state index contributed by atoms with van der Waals surface area (Å²) in [6.45, 7) is 4.56. The molecule has 0 heterocycles. The van der Waals surface area contributed by atoms with Gasteiger partial charge in [-0.25, -0.2) is 4.18 Å². The number of carbonyl (C=O) groups is 1. The Morgan fingerprint density at radius 3 is 1.37 bits per heavy atom. The predicted octanol–water partition coefficient (Wildman–Crippen LogP) is 8.45. The zero-order chi connectivity index (χ0) is 26.6. The third kappa shape index (κ3) is 35.1. The fourth-order valence-corrected chi connectivity index (χ4v) is 4.95. The van der Waals surface area contributed by atoms with Gasteiger partial charge in [0.25, 0.3) is 0 Å². The monoisotopic (exact) mass is 578 g/mol. The Hall–Kier alpha value is 1.12. The van der Waals surface area contributed by atoms with Gasteiger partial charge in [-0.2, -0.15) is 8.42 Å². The van der Waals surface area contributed by atoms with E-state index in [0.717, 1.165) is 38.5 Å². The summed E-state index contributed by atoms with van der Waals surface area (Å²) in [5.74, 6) is -0.712. The van der Waals surface area contributed by atoms with Crippen molar-refractivity contribution in [2.45, 2.75) is 168 Å². The van der Waals surface area contributed by atoms with Crippen molar-refractivity contribution in [3.63, 3.8) is 0 Å². The fourth-order valence-electron chi connectivity index (χ4n) is 4.27. The average Bonchev–Trinajstić information content (AvgIpc) is 2.84. The Bertz CT molecular complexity index is 612. The molecule has 0 unspecified atom stereocenters. The summed E-state index contributed by atoms with van der Waals surface area (Å²) in [6, 6.07) is 0. The minimum atomic E-state index is -4.22. The van der Waals surface area contributed by atoms with E-state index in [4.69, 9.17) is 4.18 Å². The second kappa shape index (κ2) is 34.3. The Morgan fingerprint density at radius 1 is 0.553 bits per heavy atom. The molecule has 0 aromatic rings. The molecule has 8 heteroatoms. The van der Waals surface area contributed by atoms with Crippen LogP contribution in [0.4, 0.5) is 0 Å². The fraction of sp³-hybridized carbons (Fsp3) is 0.900. The van der Waals surface area contributed by atoms with E-state index in [9.17, 15) is 13.2 Å². The van der Waals surface area contributed by atoms with Crippen LogP contribution in [0.2, 0.25) is 0 Å². The molecule has 0 bridgehead atoms. The van der Waals surface area contributed by atoms with Crippen molar-refractivity contribution >= 4 is 75.5 Å². The molecule has 0 atom stereocenters. The van der Waals surface area contributed by atoms with Crippen LogP contribution in [-0.4, -0.2) is 80.1 Å². The maximum atomic E-state index is 11.8. The summed E-state index contributed by atoms with van der Waals surface area (Å²) in [6.07, 6.45) is 31.7. The quantitative estimate of drug-likeness (QED) is 0.0529. The van der Waals surface area contributed by atoms with Gasteiger partial charge in [-0.05, 0) is 38.5 Å². The van der Waals surface area contributed by atoms with Crippen molar-refractivity contribution in [3.8, 4) is 0 Å². The van der Waals surface area contributed by atoms with Crippen LogP contribution < -0.4 is 0 Å². The topological polar surface area (TPSA) is 69.7 Å². The van der Waals surface area contributed by atoms with Crippen molar-refractivity contribution in [1.82, 2.24) is 0 Å². The van der Waals surface area contributed by atoms with E-state index in [1.54, 1.807) is 0 Å². The number of hydrogen-bond donors (Lipinski definition) is 0. The van der Waals surface area contributed by atoms with Gasteiger partial charge in [0.1, 0.15) is 0 Å². The van der Waals surface area contributed by atoms with E-state index in [1.165, 1.54) is 96.3 Å². The second-order valence-electron chi connectivity index (χ2n) is 10.2. The van der Waals surface area contributed by atoms with E-state index in [-0.39, 0.29) is 72.1 Å². The van der Waals surface area contributed by atoms with Crippen LogP contribution in [0.5, 0.6) is 0 Å². The van der Waals surface area contributed by atoms with Gasteiger partial charge in [0.05, 0.1) is 6.61 Å². The van der Waals surface area contributed by atoms with Gasteiger partial charge in [-0.3, -0.25) is 4.79 Å². The molecule has 0 aliphatic rings. The standard InChI is InChI=1S/C30H58O5S.2Na.2H/c1-3-5-7-9-11-13-15-16-17-18-19-20-22-24-26-28-30(31)35-36(32,33)34-29-27-25-23-21-14-12-10-8-6-4-2;;;;/h16-17H,3-15,18-29H2,1-2H3;;;;/b17-16-;;;;. The summed E-state index contributed by atoms with van der Waals surface area (Å²) in [4.78, 5) is 11.8. The number of unbranched alkanes of at least 4 members (excludes halogenated alkanes) is 20. The molecule has 0 rings (SSSR count). The molecule has 0 fully saturated rings. The Labute approximate surface area is 281 Å². The summed E-state index contributed by atoms with van der Waals surface area (Å²) in [5, 5.41) is 0. The van der Waals surface area contributed by atoms with Crippen molar-refractivity contribution in [2.75, 3.05) is 6.61 Å². The molecule has 0 radical (unpaired) electrons. The number of hydrogen-bond acceptors (Lipinski definition) is 5. The molecule has 218 valence electrons. The molecule has 0 amide bonds. The van der Waals surface area contributed by atoms with Gasteiger partial charge in [0.15, 0.2) is 0 Å². The maximum absolute atomic E-state index is 11.8. The second-order valence-corrected chi connectivity index (χ2v) is 11.4. The van der Waals surface area contributed by atoms with Crippen LogP contribution in [0.3, 0.4) is 0 Å². The Morgan fingerprint density at radius 2 is 0.921 bits per heavy atom. The zero-order valence-electron chi connectivity index (χ0n) is 23.8. The minimum absolute atomic E-state index is 0. The molecule has 0 aromatic heterocycles. The number of rotatable bonds is 28. The first-order chi connectivity index (χ1) is 17.5. The summed E-state index contributed by atoms with van der Waals surface area (Å²) in [7, 11) is -4.22. The van der Waals surface area contributed by atoms with Gasteiger partial charge in [-0.15, -0.1) is 0 Å². The van der Waals surface area contributed by atoms with Gasteiger partial charge < -0.3 is 4.18 Å². The van der Waals surface area contributed by atoms with Crippen LogP contribution in [0, 0.1) is 0 Å². The summed E-state index contributed by atoms with van der Waals surface area (Å²) in [5.41, 5.74) is 0. The molecule has 0 N–H and O–H groups in total. The van der Waals surface area contributed by atoms with Crippen LogP contribution in [0.25, 0.3) is 0 Å². The molecule has 38 heavy (non-hydrogen) atoms. The van der Waals surface area contributed by atoms with Crippen LogP contribution in [0.1, 0.15) is 168 Å². The van der Waals surface area contributed by atoms with Crippen molar-refractivity contribution in [1.29, 1.82) is 0 Å². The number of carbonyl (C=O) groups excluding carboxylic acids is 1. The molecular weight excluding hydrogens is 518 g/mol. The van der Waals surface area contributed by atoms with Gasteiger partial charge in [0.2, 0.25) is 0 Å². The first-order valence-electron chi connectivity index (χ1n) is 15.3. The molecule has 0 spiro atoms. The SMILES string of the molecule is CCCCCCCC/C=C\CCCCCCCC(=O)OS(=O)(=O)OCCCCCCCCCCCC.[NaH].[NaH]. The third-order valence-electron chi connectivity index (χ3n) is 6.56. The van der Waals surface area contributed by atoms with Crippen LogP contribution in [-0.2, 0) is 23.6 Å². The summed E-state index contributed by atoms with van der Waals surface area (Å²) >= 11 is 0. The van der Waals surface area contributed by atoms with Gasteiger partial charge in [0, 0.05) is 6.42 Å². The normalized spacial score (nSPS) is 11.3. The van der Waals surface area contributed by atoms with E-state index in [2.05, 4.69) is 30.2 Å². The molecule has 0 aliphatic heterocycles. The van der Waals surface area contributed by atoms with E-state index >= 15 is 0 Å². The molecule has 0 aliphatic carbocycles. The molecule has 5 nitrogen and oxygen atoms in total. The van der Waals surface area contributed by atoms with Gasteiger partial charge >= 0.3 is 75.5 Å². The Kier molecular flexibility index (Phi) is 39.4. The average molecular weight is 579 g/mol. The molecular formula is C30H60Na2O5S. The predicted molar refractivity (Wildman–Crippen MR) is 167 cm³/mol. The first kappa shape index (κ1) is 43.6. The summed E-state index contributed by atoms with van der Waals surface area (Å²) < 4.78 is 33.0. The van der Waals surface area contributed by atoms with Crippen molar-refractivity contribution in [2.24, 2.45) is 0 Å². The zero-order valence-corrected chi connectivity index (χ0v) is 24.6. The van der Waals surface area contributed by atoms with E-state index in [1.807, 2.05) is 0 Å². The number of allylic oxidation sites excluding steroid dienone is 2. The van der Waals surface area contributed by atoms with Crippen molar-refractivity contribution in [3.05, 3.63) is 12.2 Å². The van der Waals surface area contributed by atoms with Gasteiger partial charge in [-0.1, -0.05) is 135 Å². The van der Waals surface area contributed by atoms with E-state index in [0.29, 0.717) is 12.8 Å². The van der Waals surface area contributed by atoms with E-state index < -0.39 is 16.4 Å². The third-order valence-corrected chi connectivity index (χ3v) is 7.41. The molecule has 0 aromatic carbocycles.